The van der Waals surface area contributed by atoms with E-state index in [2.05, 4.69) is 23.6 Å². The summed E-state index contributed by atoms with van der Waals surface area (Å²) in [7, 11) is 5.83. The molecule has 0 unspecified atom stereocenters. The van der Waals surface area contributed by atoms with Crippen molar-refractivity contribution in [3.63, 3.8) is 0 Å². The van der Waals surface area contributed by atoms with Crippen molar-refractivity contribution >= 4 is 10.9 Å². The van der Waals surface area contributed by atoms with Crippen molar-refractivity contribution in [1.82, 2.24) is 9.47 Å². The maximum Gasteiger partial charge on any atom is 0.146 e. The van der Waals surface area contributed by atoms with E-state index < -0.39 is 0 Å². The lowest BCUT2D eigenvalue weighted by atomic mass is 10.2. The third-order valence-corrected chi connectivity index (χ3v) is 4.25. The molecule has 1 aliphatic rings. The molecule has 1 fully saturated rings. The van der Waals surface area contributed by atoms with Gasteiger partial charge in [0.05, 0.1) is 12.6 Å². The Morgan fingerprint density at radius 1 is 1.37 bits per heavy atom. The van der Waals surface area contributed by atoms with Crippen molar-refractivity contribution in [3.05, 3.63) is 30.2 Å². The number of hydrogen-bond donors (Lipinski definition) is 0. The average Bonchev–Trinajstić information content (AvgIpc) is 3.05. The van der Waals surface area contributed by atoms with E-state index in [-0.39, 0.29) is 11.4 Å². The van der Waals surface area contributed by atoms with E-state index in [1.54, 1.807) is 13.2 Å². The lowest BCUT2D eigenvalue weighted by Gasteiger charge is -2.25. The summed E-state index contributed by atoms with van der Waals surface area (Å²) in [4.78, 5) is 2.29. The molecule has 1 saturated carbocycles. The van der Waals surface area contributed by atoms with Crippen LogP contribution in [-0.2, 0) is 6.54 Å². The van der Waals surface area contributed by atoms with E-state index in [0.717, 1.165) is 17.4 Å². The second kappa shape index (κ2) is 4.23. The molecular formula is C15H19FN2O. The van der Waals surface area contributed by atoms with Crippen LogP contribution < -0.4 is 4.74 Å². The molecule has 0 atom stereocenters. The summed E-state index contributed by atoms with van der Waals surface area (Å²) in [5.41, 5.74) is 1.24. The number of hydrogen-bond acceptors (Lipinski definition) is 2. The highest BCUT2D eigenvalue weighted by Gasteiger charge is 2.45. The van der Waals surface area contributed by atoms with Gasteiger partial charge in [-0.05, 0) is 39.1 Å². The molecule has 0 N–H and O–H groups in total. The summed E-state index contributed by atoms with van der Waals surface area (Å²) in [5, 5.41) is 0.895. The summed E-state index contributed by atoms with van der Waals surface area (Å²) in [6.07, 6.45) is 4.45. The third kappa shape index (κ3) is 2.00. The Bertz CT molecular complexity index is 614. The number of likely N-dealkylation sites (N-methyl/N-ethyl adjacent to an activating group) is 1. The second-order valence-corrected chi connectivity index (χ2v) is 5.61. The van der Waals surface area contributed by atoms with Gasteiger partial charge in [-0.1, -0.05) is 0 Å². The van der Waals surface area contributed by atoms with Crippen LogP contribution in [0.2, 0.25) is 0 Å². The zero-order valence-electron chi connectivity index (χ0n) is 11.6. The molecule has 1 aromatic heterocycles. The first kappa shape index (κ1) is 12.5. The van der Waals surface area contributed by atoms with Crippen molar-refractivity contribution in [2.75, 3.05) is 21.2 Å². The summed E-state index contributed by atoms with van der Waals surface area (Å²) in [5.74, 6) is 0.352. The highest BCUT2D eigenvalue weighted by molar-refractivity contribution is 5.86. The Labute approximate surface area is 112 Å². The van der Waals surface area contributed by atoms with Crippen LogP contribution in [0, 0.1) is 5.82 Å². The lowest BCUT2D eigenvalue weighted by Crippen LogP contribution is -2.34. The van der Waals surface area contributed by atoms with Gasteiger partial charge in [-0.25, -0.2) is 4.39 Å². The Kier molecular flexibility index (Phi) is 2.78. The number of ether oxygens (including phenoxy) is 1. The van der Waals surface area contributed by atoms with E-state index >= 15 is 0 Å². The van der Waals surface area contributed by atoms with Crippen molar-refractivity contribution in [1.29, 1.82) is 0 Å². The lowest BCUT2D eigenvalue weighted by molar-refractivity contribution is 0.243. The number of benzene rings is 1. The molecule has 2 aromatic rings. The molecule has 0 radical (unpaired) electrons. The van der Waals surface area contributed by atoms with Gasteiger partial charge in [0.1, 0.15) is 11.6 Å². The normalized spacial score (nSPS) is 17.1. The summed E-state index contributed by atoms with van der Waals surface area (Å²) < 4.78 is 21.0. The van der Waals surface area contributed by atoms with Gasteiger partial charge in [-0.3, -0.25) is 0 Å². The molecule has 0 saturated heterocycles. The monoisotopic (exact) mass is 262 g/mol. The second-order valence-electron chi connectivity index (χ2n) is 5.61. The highest BCUT2D eigenvalue weighted by Crippen LogP contribution is 2.42. The summed E-state index contributed by atoms with van der Waals surface area (Å²) in [6.45, 7) is 0.922. The fourth-order valence-electron chi connectivity index (χ4n) is 2.77. The van der Waals surface area contributed by atoms with Crippen LogP contribution in [0.1, 0.15) is 12.8 Å². The molecule has 0 amide bonds. The maximum absolute atomic E-state index is 13.5. The molecular weight excluding hydrogens is 243 g/mol. The predicted octanol–water partition coefficient (Wildman–Crippen LogP) is 2.88. The Balaban J connectivity index is 2.05. The number of rotatable bonds is 4. The van der Waals surface area contributed by atoms with Crippen molar-refractivity contribution in [2.24, 2.45) is 0 Å². The molecule has 3 rings (SSSR count). The molecule has 1 heterocycles. The first-order chi connectivity index (χ1) is 9.05. The zero-order chi connectivity index (χ0) is 13.6. The van der Waals surface area contributed by atoms with Crippen LogP contribution in [0.3, 0.4) is 0 Å². The summed E-state index contributed by atoms with van der Waals surface area (Å²) >= 11 is 0. The van der Waals surface area contributed by atoms with Gasteiger partial charge in [-0.15, -0.1) is 0 Å². The van der Waals surface area contributed by atoms with Gasteiger partial charge >= 0.3 is 0 Å². The molecule has 0 aliphatic heterocycles. The minimum Gasteiger partial charge on any atom is -0.494 e. The van der Waals surface area contributed by atoms with E-state index in [1.807, 2.05) is 12.3 Å². The van der Waals surface area contributed by atoms with Gasteiger partial charge in [0, 0.05) is 29.7 Å². The van der Waals surface area contributed by atoms with Crippen LogP contribution in [0.4, 0.5) is 4.39 Å². The minimum atomic E-state index is -0.254. The molecule has 3 nitrogen and oxygen atoms in total. The van der Waals surface area contributed by atoms with E-state index in [1.165, 1.54) is 18.9 Å². The number of fused-ring (bicyclic) bond motifs is 1. The SMILES string of the molecule is COc1cc(F)cc2ccn(CC3(N(C)C)CC3)c12. The molecule has 4 heteroatoms. The highest BCUT2D eigenvalue weighted by atomic mass is 19.1. The van der Waals surface area contributed by atoms with Crippen LogP contribution in [0.5, 0.6) is 5.75 Å². The van der Waals surface area contributed by atoms with Crippen molar-refractivity contribution in [2.45, 2.75) is 24.9 Å². The largest absolute Gasteiger partial charge is 0.494 e. The molecule has 1 aliphatic carbocycles. The van der Waals surface area contributed by atoms with Gasteiger partial charge in [0.25, 0.3) is 0 Å². The van der Waals surface area contributed by atoms with E-state index in [0.29, 0.717) is 5.75 Å². The Morgan fingerprint density at radius 2 is 2.11 bits per heavy atom. The van der Waals surface area contributed by atoms with Gasteiger partial charge in [0.2, 0.25) is 0 Å². The van der Waals surface area contributed by atoms with Crippen LogP contribution in [0.15, 0.2) is 24.4 Å². The molecule has 19 heavy (non-hydrogen) atoms. The van der Waals surface area contributed by atoms with Crippen LogP contribution >= 0.6 is 0 Å². The smallest absolute Gasteiger partial charge is 0.146 e. The van der Waals surface area contributed by atoms with Gasteiger partial charge in [-0.2, -0.15) is 0 Å². The summed E-state index contributed by atoms with van der Waals surface area (Å²) in [6, 6.07) is 4.96. The first-order valence-corrected chi connectivity index (χ1v) is 6.55. The quantitative estimate of drug-likeness (QED) is 0.843. The Morgan fingerprint density at radius 3 is 2.68 bits per heavy atom. The molecule has 0 bridgehead atoms. The fourth-order valence-corrected chi connectivity index (χ4v) is 2.77. The number of halogens is 1. The minimum absolute atomic E-state index is 0.254. The van der Waals surface area contributed by atoms with E-state index in [4.69, 9.17) is 4.74 Å². The maximum atomic E-state index is 13.5. The molecule has 0 spiro atoms. The number of nitrogens with zero attached hydrogens (tertiary/aromatic N) is 2. The average molecular weight is 262 g/mol. The van der Waals surface area contributed by atoms with Crippen LogP contribution in [-0.4, -0.2) is 36.2 Å². The van der Waals surface area contributed by atoms with Crippen molar-refractivity contribution < 1.29 is 9.13 Å². The van der Waals surface area contributed by atoms with E-state index in [9.17, 15) is 4.39 Å². The van der Waals surface area contributed by atoms with Crippen LogP contribution in [0.25, 0.3) is 10.9 Å². The standard InChI is InChI=1S/C15H19FN2O/c1-17(2)15(5-6-15)10-18-7-4-11-8-12(16)9-13(19-3)14(11)18/h4,7-9H,5-6,10H2,1-3H3. The molecule has 102 valence electrons. The number of methoxy groups -OCH3 is 1. The van der Waals surface area contributed by atoms with Crippen molar-refractivity contribution in [3.8, 4) is 5.75 Å². The third-order valence-electron chi connectivity index (χ3n) is 4.25. The van der Waals surface area contributed by atoms with Gasteiger partial charge < -0.3 is 14.2 Å². The topological polar surface area (TPSA) is 17.4 Å². The Hall–Kier alpha value is -1.55. The fraction of sp³-hybridized carbons (Fsp3) is 0.467. The van der Waals surface area contributed by atoms with Gasteiger partial charge in [0.15, 0.2) is 0 Å². The predicted molar refractivity (Wildman–Crippen MR) is 74.1 cm³/mol. The number of aromatic nitrogens is 1. The first-order valence-electron chi connectivity index (χ1n) is 6.55. The zero-order valence-corrected chi connectivity index (χ0v) is 11.6. The molecule has 1 aromatic carbocycles.